The number of alkyl carbamates (subject to hydrolysis) is 1. The number of hydrogen-bond acceptors (Lipinski definition) is 5. The Balaban J connectivity index is 1.39. The fourth-order valence-electron chi connectivity index (χ4n) is 4.22. The highest BCUT2D eigenvalue weighted by molar-refractivity contribution is 7.86. The summed E-state index contributed by atoms with van der Waals surface area (Å²) in [5.41, 5.74) is 0. The summed E-state index contributed by atoms with van der Waals surface area (Å²) in [6, 6.07) is 0.278. The zero-order valence-corrected chi connectivity index (χ0v) is 16.4. The Labute approximate surface area is 160 Å². The first-order valence-electron chi connectivity index (χ1n) is 9.95. The largest absolute Gasteiger partial charge is 0.743 e. The smallest absolute Gasteiger partial charge is 0.407 e. The van der Waals surface area contributed by atoms with Crippen molar-refractivity contribution in [2.75, 3.05) is 6.61 Å². The second kappa shape index (κ2) is 10.0. The van der Waals surface area contributed by atoms with E-state index in [1.54, 1.807) is 0 Å². The van der Waals surface area contributed by atoms with E-state index < -0.39 is 21.8 Å². The summed E-state index contributed by atoms with van der Waals surface area (Å²) in [6.45, 7) is 0.375. The minimum atomic E-state index is -5.56. The average molecular weight is 411 g/mol. The van der Waals surface area contributed by atoms with Crippen molar-refractivity contribution in [1.29, 1.82) is 0 Å². The minimum absolute atomic E-state index is 0.0147. The standard InChI is InChI=1S/C18H31F2NO5S/c19-18(20,27(23,24)25)10-6-4-2-1-3-5-7-11-26-17(22)21-16-13-14-8-9-15(16)12-14/h14-16H,1-13H2,(H,21,22)(H,23,24,25)/p-1. The molecule has 0 saturated heterocycles. The van der Waals surface area contributed by atoms with Gasteiger partial charge in [-0.05, 0) is 43.9 Å². The number of unbranched alkanes of at least 4 members (excludes halogenated alkanes) is 6. The molecule has 0 spiro atoms. The molecule has 158 valence electrons. The summed E-state index contributed by atoms with van der Waals surface area (Å²) < 4.78 is 62.1. The topological polar surface area (TPSA) is 95.5 Å². The highest BCUT2D eigenvalue weighted by Gasteiger charge is 2.40. The maximum atomic E-state index is 12.9. The second-order valence-corrected chi connectivity index (χ2v) is 9.38. The van der Waals surface area contributed by atoms with E-state index in [1.807, 2.05) is 0 Å². The van der Waals surface area contributed by atoms with E-state index in [2.05, 4.69) is 5.32 Å². The minimum Gasteiger partial charge on any atom is -0.743 e. The predicted octanol–water partition coefficient (Wildman–Crippen LogP) is 4.16. The lowest BCUT2D eigenvalue weighted by atomic mass is 9.96. The summed E-state index contributed by atoms with van der Waals surface area (Å²) in [4.78, 5) is 11.8. The number of fused-ring (bicyclic) bond motifs is 2. The van der Waals surface area contributed by atoms with Crippen molar-refractivity contribution in [2.24, 2.45) is 11.8 Å². The van der Waals surface area contributed by atoms with E-state index in [0.29, 0.717) is 25.4 Å². The zero-order chi connectivity index (χ0) is 19.9. The van der Waals surface area contributed by atoms with Gasteiger partial charge in [0.1, 0.15) is 0 Å². The molecule has 2 aliphatic rings. The molecule has 2 rings (SSSR count). The van der Waals surface area contributed by atoms with Gasteiger partial charge in [0.15, 0.2) is 10.1 Å². The molecule has 0 aromatic rings. The third-order valence-corrected chi connectivity index (χ3v) is 6.69. The summed E-state index contributed by atoms with van der Waals surface area (Å²) in [7, 11) is -5.56. The van der Waals surface area contributed by atoms with Crippen LogP contribution in [0.4, 0.5) is 13.6 Å². The summed E-state index contributed by atoms with van der Waals surface area (Å²) >= 11 is 0. The normalized spacial score (nSPS) is 24.9. The van der Waals surface area contributed by atoms with Crippen molar-refractivity contribution >= 4 is 16.2 Å². The highest BCUT2D eigenvalue weighted by Crippen LogP contribution is 2.44. The molecule has 2 saturated carbocycles. The Morgan fingerprint density at radius 3 is 2.22 bits per heavy atom. The number of halogens is 2. The van der Waals surface area contributed by atoms with Crippen molar-refractivity contribution in [1.82, 2.24) is 5.32 Å². The van der Waals surface area contributed by atoms with Gasteiger partial charge in [-0.25, -0.2) is 13.2 Å². The SMILES string of the molecule is O=C(NC1CC2CCC1C2)OCCCCCCCCCC(F)(F)S(=O)(=O)[O-]. The van der Waals surface area contributed by atoms with Crippen molar-refractivity contribution in [3.63, 3.8) is 0 Å². The molecule has 2 fully saturated rings. The molecule has 2 aliphatic carbocycles. The van der Waals surface area contributed by atoms with Gasteiger partial charge < -0.3 is 14.6 Å². The van der Waals surface area contributed by atoms with Gasteiger partial charge in [0.2, 0.25) is 0 Å². The molecular weight excluding hydrogens is 380 g/mol. The number of carbonyl (C=O) groups excluding carboxylic acids is 1. The molecule has 0 aromatic carbocycles. The molecule has 9 heteroatoms. The van der Waals surface area contributed by atoms with Crippen molar-refractivity contribution in [2.45, 2.75) is 88.3 Å². The molecule has 0 aliphatic heterocycles. The lowest BCUT2D eigenvalue weighted by molar-refractivity contribution is 0.0670. The summed E-state index contributed by atoms with van der Waals surface area (Å²) in [5, 5.41) is -1.19. The fraction of sp³-hybridized carbons (Fsp3) is 0.944. The Morgan fingerprint density at radius 1 is 1.04 bits per heavy atom. The van der Waals surface area contributed by atoms with E-state index in [-0.39, 0.29) is 18.6 Å². The molecule has 27 heavy (non-hydrogen) atoms. The van der Waals surface area contributed by atoms with Gasteiger partial charge in [-0.3, -0.25) is 0 Å². The van der Waals surface area contributed by atoms with Crippen LogP contribution in [0.25, 0.3) is 0 Å². The number of ether oxygens (including phenoxy) is 1. The number of nitrogens with one attached hydrogen (secondary N) is 1. The van der Waals surface area contributed by atoms with E-state index >= 15 is 0 Å². The first kappa shape index (κ1) is 22.3. The quantitative estimate of drug-likeness (QED) is 0.385. The van der Waals surface area contributed by atoms with E-state index in [0.717, 1.165) is 38.0 Å². The van der Waals surface area contributed by atoms with Crippen LogP contribution in [0, 0.1) is 11.8 Å². The maximum Gasteiger partial charge on any atom is 0.407 e. The number of rotatable bonds is 12. The number of amides is 1. The van der Waals surface area contributed by atoms with Gasteiger partial charge in [0.05, 0.1) is 6.61 Å². The zero-order valence-electron chi connectivity index (χ0n) is 15.6. The monoisotopic (exact) mass is 410 g/mol. The molecule has 1 amide bonds. The van der Waals surface area contributed by atoms with Crippen LogP contribution in [0.2, 0.25) is 0 Å². The average Bonchev–Trinajstić information content (AvgIpc) is 3.18. The van der Waals surface area contributed by atoms with Gasteiger partial charge in [-0.15, -0.1) is 0 Å². The van der Waals surface area contributed by atoms with Crippen molar-refractivity contribution in [3.05, 3.63) is 0 Å². The Morgan fingerprint density at radius 2 is 1.67 bits per heavy atom. The van der Waals surface area contributed by atoms with Crippen LogP contribution in [0.3, 0.4) is 0 Å². The molecule has 1 N–H and O–H groups in total. The lowest BCUT2D eigenvalue weighted by Gasteiger charge is -2.22. The Hall–Kier alpha value is -0.960. The van der Waals surface area contributed by atoms with Crippen LogP contribution in [0.15, 0.2) is 0 Å². The maximum absolute atomic E-state index is 12.9. The molecule has 0 radical (unpaired) electrons. The van der Waals surface area contributed by atoms with Crippen LogP contribution < -0.4 is 5.32 Å². The van der Waals surface area contributed by atoms with Crippen LogP contribution in [0.1, 0.15) is 77.0 Å². The first-order chi connectivity index (χ1) is 12.7. The van der Waals surface area contributed by atoms with Gasteiger partial charge in [0, 0.05) is 12.5 Å². The highest BCUT2D eigenvalue weighted by atomic mass is 32.2. The summed E-state index contributed by atoms with van der Waals surface area (Å²) in [6.07, 6.45) is 8.13. The Kier molecular flexibility index (Phi) is 8.27. The first-order valence-corrected chi connectivity index (χ1v) is 11.4. The van der Waals surface area contributed by atoms with Crippen LogP contribution in [0.5, 0.6) is 0 Å². The molecule has 0 heterocycles. The third-order valence-electron chi connectivity index (χ3n) is 5.75. The molecule has 3 atom stereocenters. The van der Waals surface area contributed by atoms with Gasteiger partial charge in [0.25, 0.3) is 0 Å². The lowest BCUT2D eigenvalue weighted by Crippen LogP contribution is -2.38. The van der Waals surface area contributed by atoms with Gasteiger partial charge >= 0.3 is 11.3 Å². The van der Waals surface area contributed by atoms with Gasteiger partial charge in [-0.1, -0.05) is 38.5 Å². The number of carbonyl (C=O) groups is 1. The van der Waals surface area contributed by atoms with E-state index in [1.165, 1.54) is 19.3 Å². The van der Waals surface area contributed by atoms with Crippen LogP contribution in [-0.2, 0) is 14.9 Å². The summed E-state index contributed by atoms with van der Waals surface area (Å²) in [5.74, 6) is 1.40. The van der Waals surface area contributed by atoms with Gasteiger partial charge in [-0.2, -0.15) is 8.78 Å². The molecule has 2 bridgehead atoms. The molecule has 6 nitrogen and oxygen atoms in total. The van der Waals surface area contributed by atoms with Crippen molar-refractivity contribution in [3.8, 4) is 0 Å². The number of alkyl halides is 2. The van der Waals surface area contributed by atoms with E-state index in [4.69, 9.17) is 4.74 Å². The van der Waals surface area contributed by atoms with Crippen LogP contribution in [-0.4, -0.2) is 37.0 Å². The molecule has 0 aromatic heterocycles. The van der Waals surface area contributed by atoms with E-state index in [9.17, 15) is 26.5 Å². The Bertz CT molecular complexity index is 584. The molecular formula is C18H30F2NO5S-. The second-order valence-electron chi connectivity index (χ2n) is 7.88. The molecule has 3 unspecified atom stereocenters. The fourth-order valence-corrected chi connectivity index (χ4v) is 4.62. The van der Waals surface area contributed by atoms with Crippen molar-refractivity contribution < 1.29 is 31.3 Å². The van der Waals surface area contributed by atoms with Crippen LogP contribution >= 0.6 is 0 Å². The predicted molar refractivity (Wildman–Crippen MR) is 95.3 cm³/mol. The number of hydrogen-bond donors (Lipinski definition) is 1. The third kappa shape index (κ3) is 7.18.